The van der Waals surface area contributed by atoms with Crippen LogP contribution in [0.25, 0.3) is 0 Å². The van der Waals surface area contributed by atoms with Crippen molar-refractivity contribution in [2.75, 3.05) is 39.5 Å². The lowest BCUT2D eigenvalue weighted by Gasteiger charge is -2.39. The summed E-state index contributed by atoms with van der Waals surface area (Å²) in [6.45, 7) is 7.43. The number of aliphatic hydroxyl groups is 1. The molecule has 22 heavy (non-hydrogen) atoms. The molecule has 0 radical (unpaired) electrons. The monoisotopic (exact) mass is 307 g/mol. The first-order valence-corrected chi connectivity index (χ1v) is 7.77. The van der Waals surface area contributed by atoms with E-state index in [1.54, 1.807) is 24.3 Å². The summed E-state index contributed by atoms with van der Waals surface area (Å²) in [6.07, 6.45) is 0.602. The van der Waals surface area contributed by atoms with Gasteiger partial charge in [0.1, 0.15) is 5.75 Å². The van der Waals surface area contributed by atoms with Crippen molar-refractivity contribution in [1.82, 2.24) is 4.90 Å². The van der Waals surface area contributed by atoms with Gasteiger partial charge in [-0.15, -0.1) is 0 Å². The highest BCUT2D eigenvalue weighted by Crippen LogP contribution is 2.23. The maximum Gasteiger partial charge on any atom is 0.182 e. The summed E-state index contributed by atoms with van der Waals surface area (Å²) in [7, 11) is 0. The van der Waals surface area contributed by atoms with Crippen LogP contribution in [-0.4, -0.2) is 60.8 Å². The topological polar surface area (TPSA) is 59.0 Å². The molecule has 0 spiro atoms. The van der Waals surface area contributed by atoms with Crippen LogP contribution in [0, 0.1) is 0 Å². The first kappa shape index (κ1) is 16.9. The van der Waals surface area contributed by atoms with E-state index in [1.165, 1.54) is 0 Å². The van der Waals surface area contributed by atoms with E-state index in [4.69, 9.17) is 14.6 Å². The van der Waals surface area contributed by atoms with Crippen molar-refractivity contribution in [2.24, 2.45) is 0 Å². The molecule has 0 bridgehead atoms. The molecule has 1 aliphatic heterocycles. The minimum Gasteiger partial charge on any atom is -0.494 e. The van der Waals surface area contributed by atoms with Gasteiger partial charge in [-0.1, -0.05) is 0 Å². The third-order valence-corrected chi connectivity index (χ3v) is 4.05. The van der Waals surface area contributed by atoms with Gasteiger partial charge in [0.25, 0.3) is 0 Å². The Morgan fingerprint density at radius 3 is 2.50 bits per heavy atom. The van der Waals surface area contributed by atoms with Gasteiger partial charge >= 0.3 is 0 Å². The largest absolute Gasteiger partial charge is 0.494 e. The molecule has 1 saturated heterocycles. The molecular formula is C17H25NO4. The number of ketones is 1. The van der Waals surface area contributed by atoms with Crippen LogP contribution in [0.4, 0.5) is 0 Å². The van der Waals surface area contributed by atoms with Gasteiger partial charge in [0.05, 0.1) is 25.4 Å². The van der Waals surface area contributed by atoms with Gasteiger partial charge in [0.2, 0.25) is 0 Å². The molecule has 1 heterocycles. The van der Waals surface area contributed by atoms with Gasteiger partial charge in [0.15, 0.2) is 5.78 Å². The molecular weight excluding hydrogens is 282 g/mol. The van der Waals surface area contributed by atoms with Gasteiger partial charge < -0.3 is 14.6 Å². The van der Waals surface area contributed by atoms with Crippen LogP contribution in [0.15, 0.2) is 24.3 Å². The molecule has 1 aromatic rings. The molecule has 1 aromatic carbocycles. The van der Waals surface area contributed by atoms with Crippen molar-refractivity contribution in [1.29, 1.82) is 0 Å². The van der Waals surface area contributed by atoms with E-state index < -0.39 is 5.54 Å². The third-order valence-electron chi connectivity index (χ3n) is 4.05. The van der Waals surface area contributed by atoms with Gasteiger partial charge in [-0.05, 0) is 38.1 Å². The smallest absolute Gasteiger partial charge is 0.182 e. The molecule has 0 unspecified atom stereocenters. The standard InChI is InChI=1S/C17H25NO4/c1-17(2,18-8-12-21-13-9-18)16(20)14-4-6-15(7-5-14)22-11-3-10-19/h4-7,19H,3,8-13H2,1-2H3. The van der Waals surface area contributed by atoms with E-state index in [-0.39, 0.29) is 12.4 Å². The van der Waals surface area contributed by atoms with Crippen molar-refractivity contribution in [3.05, 3.63) is 29.8 Å². The molecule has 1 aliphatic rings. The van der Waals surface area contributed by atoms with Crippen molar-refractivity contribution in [2.45, 2.75) is 25.8 Å². The quantitative estimate of drug-likeness (QED) is 0.614. The Balaban J connectivity index is 2.01. The molecule has 5 nitrogen and oxygen atoms in total. The molecule has 0 atom stereocenters. The number of carbonyl (C=O) groups is 1. The average Bonchev–Trinajstić information content (AvgIpc) is 2.56. The Hall–Kier alpha value is -1.43. The van der Waals surface area contributed by atoms with Crippen molar-refractivity contribution in [3.63, 3.8) is 0 Å². The Labute approximate surface area is 131 Å². The molecule has 2 rings (SSSR count). The zero-order valence-corrected chi connectivity index (χ0v) is 13.4. The first-order valence-electron chi connectivity index (χ1n) is 7.77. The Kier molecular flexibility index (Phi) is 5.94. The van der Waals surface area contributed by atoms with Gasteiger partial charge in [-0.2, -0.15) is 0 Å². The molecule has 1 fully saturated rings. The fraction of sp³-hybridized carbons (Fsp3) is 0.588. The van der Waals surface area contributed by atoms with Gasteiger partial charge in [-0.25, -0.2) is 0 Å². The Morgan fingerprint density at radius 1 is 1.27 bits per heavy atom. The number of hydrogen-bond donors (Lipinski definition) is 1. The van der Waals surface area contributed by atoms with Crippen LogP contribution in [-0.2, 0) is 4.74 Å². The number of ether oxygens (including phenoxy) is 2. The van der Waals surface area contributed by atoms with Crippen LogP contribution in [0.3, 0.4) is 0 Å². The Morgan fingerprint density at radius 2 is 1.91 bits per heavy atom. The lowest BCUT2D eigenvalue weighted by atomic mass is 9.91. The van der Waals surface area contributed by atoms with E-state index in [1.807, 2.05) is 13.8 Å². The second-order valence-corrected chi connectivity index (χ2v) is 5.94. The molecule has 0 aromatic heterocycles. The molecule has 5 heteroatoms. The highest BCUT2D eigenvalue weighted by molar-refractivity contribution is 6.02. The van der Waals surface area contributed by atoms with Crippen LogP contribution in [0.2, 0.25) is 0 Å². The summed E-state index contributed by atoms with van der Waals surface area (Å²) < 4.78 is 10.8. The molecule has 0 saturated carbocycles. The predicted molar refractivity (Wildman–Crippen MR) is 84.4 cm³/mol. The number of benzene rings is 1. The van der Waals surface area contributed by atoms with Crippen molar-refractivity contribution < 1.29 is 19.4 Å². The maximum atomic E-state index is 12.8. The normalized spacial score (nSPS) is 16.5. The number of rotatable bonds is 7. The number of aliphatic hydroxyl groups excluding tert-OH is 1. The van der Waals surface area contributed by atoms with E-state index in [9.17, 15) is 4.79 Å². The van der Waals surface area contributed by atoms with E-state index in [2.05, 4.69) is 4.90 Å². The minimum atomic E-state index is -0.539. The number of Topliss-reactive ketones (excluding diaryl/α,β-unsaturated/α-hetero) is 1. The zero-order chi connectivity index (χ0) is 16.0. The lowest BCUT2D eigenvalue weighted by Crippen LogP contribution is -2.54. The Bertz CT molecular complexity index is 478. The third kappa shape index (κ3) is 4.06. The zero-order valence-electron chi connectivity index (χ0n) is 13.4. The van der Waals surface area contributed by atoms with Gasteiger partial charge in [-0.3, -0.25) is 9.69 Å². The van der Waals surface area contributed by atoms with Crippen LogP contribution in [0.1, 0.15) is 30.6 Å². The summed E-state index contributed by atoms with van der Waals surface area (Å²) in [5.74, 6) is 0.825. The van der Waals surface area contributed by atoms with Crippen LogP contribution < -0.4 is 4.74 Å². The molecule has 0 aliphatic carbocycles. The lowest BCUT2D eigenvalue weighted by molar-refractivity contribution is -0.00429. The van der Waals surface area contributed by atoms with E-state index in [0.29, 0.717) is 37.6 Å². The SMILES string of the molecule is CC(C)(C(=O)c1ccc(OCCCO)cc1)N1CCOCC1. The second kappa shape index (κ2) is 7.72. The highest BCUT2D eigenvalue weighted by Gasteiger charge is 2.35. The first-order chi connectivity index (χ1) is 10.6. The number of carbonyl (C=O) groups excluding carboxylic acids is 1. The number of hydrogen-bond acceptors (Lipinski definition) is 5. The van der Waals surface area contributed by atoms with E-state index >= 15 is 0 Å². The van der Waals surface area contributed by atoms with Gasteiger partial charge in [0, 0.05) is 31.7 Å². The fourth-order valence-corrected chi connectivity index (χ4v) is 2.58. The fourth-order valence-electron chi connectivity index (χ4n) is 2.58. The van der Waals surface area contributed by atoms with Crippen molar-refractivity contribution in [3.8, 4) is 5.75 Å². The summed E-state index contributed by atoms with van der Waals surface area (Å²) >= 11 is 0. The minimum absolute atomic E-state index is 0.108. The molecule has 1 N–H and O–H groups in total. The second-order valence-electron chi connectivity index (χ2n) is 5.94. The number of morpholine rings is 1. The summed E-state index contributed by atoms with van der Waals surface area (Å²) in [5, 5.41) is 8.74. The predicted octanol–water partition coefficient (Wildman–Crippen LogP) is 1.74. The highest BCUT2D eigenvalue weighted by atomic mass is 16.5. The number of nitrogens with zero attached hydrogens (tertiary/aromatic N) is 1. The van der Waals surface area contributed by atoms with Crippen LogP contribution >= 0.6 is 0 Å². The van der Waals surface area contributed by atoms with Crippen molar-refractivity contribution >= 4 is 5.78 Å². The van der Waals surface area contributed by atoms with E-state index in [0.717, 1.165) is 13.1 Å². The molecule has 122 valence electrons. The average molecular weight is 307 g/mol. The summed E-state index contributed by atoms with van der Waals surface area (Å²) in [5.41, 5.74) is 0.147. The summed E-state index contributed by atoms with van der Waals surface area (Å²) in [6, 6.07) is 7.22. The maximum absolute atomic E-state index is 12.8. The van der Waals surface area contributed by atoms with Crippen LogP contribution in [0.5, 0.6) is 5.75 Å². The summed E-state index contributed by atoms with van der Waals surface area (Å²) in [4.78, 5) is 15.0. The molecule has 0 amide bonds.